The van der Waals surface area contributed by atoms with E-state index < -0.39 is 11.6 Å². The number of phenols is 2. The van der Waals surface area contributed by atoms with Crippen LogP contribution in [0.2, 0.25) is 0 Å². The molecule has 0 aliphatic heterocycles. The maximum Gasteiger partial charge on any atom is 0.262 e. The molecule has 0 amide bonds. The first-order valence-corrected chi connectivity index (χ1v) is 24.7. The molecule has 0 spiro atoms. The number of hydrogen-bond acceptors (Lipinski definition) is 2. The Kier molecular flexibility index (Phi) is 15.7. The Morgan fingerprint density at radius 1 is 0.466 bits per heavy atom. The van der Waals surface area contributed by atoms with Crippen molar-refractivity contribution in [3.8, 4) is 56.6 Å². The molecule has 0 saturated heterocycles. The predicted octanol–water partition coefficient (Wildman–Crippen LogP) is 17.0. The van der Waals surface area contributed by atoms with Gasteiger partial charge in [0.2, 0.25) is 0 Å². The van der Waals surface area contributed by atoms with E-state index in [1.54, 1.807) is 12.1 Å². The van der Waals surface area contributed by atoms with Gasteiger partial charge in [0.1, 0.15) is 23.1 Å². The molecule has 73 heavy (non-hydrogen) atoms. The van der Waals surface area contributed by atoms with Gasteiger partial charge < -0.3 is 43.7 Å². The molecule has 11 rings (SSSR count). The van der Waals surface area contributed by atoms with E-state index in [2.05, 4.69) is 85.4 Å². The number of rotatable bonds is 12. The van der Waals surface area contributed by atoms with E-state index in [4.69, 9.17) is 9.47 Å². The first-order chi connectivity index (χ1) is 34.0. The van der Waals surface area contributed by atoms with Crippen LogP contribution in [0.25, 0.3) is 77.2 Å². The van der Waals surface area contributed by atoms with Crippen LogP contribution < -0.4 is 0 Å². The maximum atomic E-state index is 15.4. The van der Waals surface area contributed by atoms with Crippen LogP contribution >= 0.6 is 0 Å². The summed E-state index contributed by atoms with van der Waals surface area (Å²) in [6.45, 7) is 9.50. The number of ether oxygens (including phenoxy) is 2. The van der Waals surface area contributed by atoms with Gasteiger partial charge in [-0.3, -0.25) is 0 Å². The third-order valence-electron chi connectivity index (χ3n) is 14.8. The van der Waals surface area contributed by atoms with Gasteiger partial charge in [0.25, 0.3) is 11.5 Å². The number of aliphatic hydroxyl groups is 2. The summed E-state index contributed by atoms with van der Waals surface area (Å²) in [6, 6.07) is 50.2. The summed E-state index contributed by atoms with van der Waals surface area (Å²) < 4.78 is 45.6. The van der Waals surface area contributed by atoms with Gasteiger partial charge in [-0.05, 0) is 109 Å². The zero-order chi connectivity index (χ0) is 48.2. The second-order valence-electron chi connectivity index (χ2n) is 19.7. The quantitative estimate of drug-likeness (QED) is 0.0727. The van der Waals surface area contributed by atoms with Crippen molar-refractivity contribution in [2.75, 3.05) is 13.2 Å². The summed E-state index contributed by atoms with van der Waals surface area (Å²) in [5.74, 6) is 1.17. The van der Waals surface area contributed by atoms with E-state index in [0.29, 0.717) is 58.3 Å². The van der Waals surface area contributed by atoms with Crippen LogP contribution in [0.3, 0.4) is 0 Å². The Morgan fingerprint density at radius 3 is 1.12 bits per heavy atom. The molecule has 0 unspecified atom stereocenters. The fourth-order valence-corrected chi connectivity index (χ4v) is 11.0. The molecule has 2 aromatic heterocycles. The fourth-order valence-electron chi connectivity index (χ4n) is 11.0. The van der Waals surface area contributed by atoms with Crippen LogP contribution in [0, 0.1) is 38.3 Å². The fraction of sp³-hybridized carbons (Fsp3) is 0.219. The van der Waals surface area contributed by atoms with Gasteiger partial charge in [-0.25, -0.2) is 8.78 Å². The summed E-state index contributed by atoms with van der Waals surface area (Å²) in [4.78, 5) is 0. The Bertz CT molecular complexity index is 3270. The molecule has 1 aliphatic carbocycles. The molecule has 372 valence electrons. The van der Waals surface area contributed by atoms with Crippen molar-refractivity contribution in [3.63, 3.8) is 0 Å². The summed E-state index contributed by atoms with van der Waals surface area (Å²) in [7, 11) is 0. The SMILES string of the molecule is CC(C)c1cc(-c2cc(F)ccc2[OH+]C[C@@H]2CCCC[C@H]2C[OH+]c2ccc(F)cc2-c2cc(C(C)C)cc(-n3c4ccccc4c4ccccc43)c2O)c(O)c(-n2c3ccccc3c3ccccc32)c1.[CH3-].[CH3-].[Hf]. The van der Waals surface area contributed by atoms with Gasteiger partial charge in [-0.2, -0.15) is 0 Å². The van der Waals surface area contributed by atoms with E-state index in [1.165, 1.54) is 24.3 Å². The monoisotopic (exact) mass is 1140 g/mol. The number of aromatic hydroxyl groups is 4. The van der Waals surface area contributed by atoms with Crippen LogP contribution in [0.5, 0.6) is 23.0 Å². The third-order valence-corrected chi connectivity index (χ3v) is 14.8. The van der Waals surface area contributed by atoms with Crippen molar-refractivity contribution in [1.29, 1.82) is 0 Å². The molecule has 1 aliphatic rings. The molecule has 8 aromatic carbocycles. The first kappa shape index (κ1) is 52.6. The predicted molar refractivity (Wildman–Crippen MR) is 295 cm³/mol. The number of para-hydroxylation sites is 4. The third kappa shape index (κ3) is 9.69. The van der Waals surface area contributed by atoms with Crippen molar-refractivity contribution in [1.82, 2.24) is 9.13 Å². The van der Waals surface area contributed by atoms with Gasteiger partial charge >= 0.3 is 0 Å². The van der Waals surface area contributed by atoms with Crippen molar-refractivity contribution >= 4 is 43.6 Å². The maximum absolute atomic E-state index is 15.4. The second-order valence-corrected chi connectivity index (χ2v) is 19.7. The van der Waals surface area contributed by atoms with Gasteiger partial charge in [-0.15, -0.1) is 0 Å². The molecular formula is C64H64F2HfN2O4. The molecule has 6 nitrogen and oxygen atoms in total. The molecule has 9 heteroatoms. The molecular weight excluding hydrogens is 1080 g/mol. The molecule has 10 aromatic rings. The van der Waals surface area contributed by atoms with Crippen molar-refractivity contribution in [2.45, 2.75) is 65.2 Å². The topological polar surface area (TPSA) is 75.9 Å². The van der Waals surface area contributed by atoms with Gasteiger partial charge in [0.15, 0.2) is 13.2 Å². The first-order valence-electron chi connectivity index (χ1n) is 24.7. The number of phenolic OH excluding ortho intramolecular Hbond substituents is 2. The summed E-state index contributed by atoms with van der Waals surface area (Å²) >= 11 is 0. The standard InChI is InChI=1S/C62H56F2N2O4.2CH3.Hf/c1-37(2)41-29-51(61(67)57(31-41)65-53-21-11-7-17-45(53)46-18-8-12-22-54(46)65)49-33-43(63)25-27-59(49)69-35-39-15-5-6-16-40(39)36-70-60-28-26-44(64)34-50(60)52-30-42(38(3)4)32-58(62(52)68)66-55-23-13-9-19-47(55)48-20-10-14-24-56(48)66;;;/h7-14,17-34,37-40,67-68H,5-6,15-16,35-36H2,1-4H3;2*1H3;/q;2*-1;/p+2/t39-,40-;;;/m0.../s1. The van der Waals surface area contributed by atoms with Gasteiger partial charge in [-0.1, -0.05) is 113 Å². The zero-order valence-corrected chi connectivity index (χ0v) is 46.1. The normalized spacial score (nSPS) is 14.6. The van der Waals surface area contributed by atoms with Crippen LogP contribution in [0.15, 0.2) is 158 Å². The largest absolute Gasteiger partial charge is 0.582 e. The van der Waals surface area contributed by atoms with Crippen molar-refractivity contribution in [3.05, 3.63) is 195 Å². The number of nitrogens with zero attached hydrogens (tertiary/aromatic N) is 2. The van der Waals surface area contributed by atoms with Gasteiger partial charge in [0.05, 0.1) is 44.6 Å². The van der Waals surface area contributed by atoms with E-state index in [9.17, 15) is 10.2 Å². The Labute approximate surface area is 446 Å². The number of fused-ring (bicyclic) bond motifs is 6. The molecule has 0 radical (unpaired) electrons. The summed E-state index contributed by atoms with van der Waals surface area (Å²) in [6.07, 6.45) is 4.05. The number of benzene rings is 8. The van der Waals surface area contributed by atoms with Crippen LogP contribution in [0.1, 0.15) is 76.3 Å². The molecule has 2 heterocycles. The minimum absolute atomic E-state index is 0. The van der Waals surface area contributed by atoms with E-state index in [1.807, 2.05) is 72.8 Å². The average Bonchev–Trinajstić information content (AvgIpc) is 3.89. The van der Waals surface area contributed by atoms with Crippen molar-refractivity contribution < 1.29 is 54.3 Å². The Morgan fingerprint density at radius 2 is 0.795 bits per heavy atom. The Balaban J connectivity index is 0.00000237. The molecule has 2 atom stereocenters. The summed E-state index contributed by atoms with van der Waals surface area (Å²) in [5, 5.41) is 29.1. The number of hydrogen-bond donors (Lipinski definition) is 2. The van der Waals surface area contributed by atoms with Crippen LogP contribution in [0.4, 0.5) is 8.78 Å². The van der Waals surface area contributed by atoms with E-state index >= 15 is 8.78 Å². The van der Waals surface area contributed by atoms with Crippen molar-refractivity contribution in [2.24, 2.45) is 11.8 Å². The van der Waals surface area contributed by atoms with Crippen LogP contribution in [-0.2, 0) is 25.8 Å². The molecule has 1 fully saturated rings. The van der Waals surface area contributed by atoms with E-state index in [-0.39, 0.29) is 75.9 Å². The minimum atomic E-state index is -0.404. The number of aromatic nitrogens is 2. The average molecular weight is 1140 g/mol. The van der Waals surface area contributed by atoms with Gasteiger partial charge in [0, 0.05) is 82.5 Å². The molecule has 1 saturated carbocycles. The molecule has 4 N–H and O–H groups in total. The molecule has 0 bridgehead atoms. The second kappa shape index (κ2) is 21.8. The number of halogens is 2. The zero-order valence-electron chi connectivity index (χ0n) is 42.5. The minimum Gasteiger partial charge on any atom is -0.582 e. The van der Waals surface area contributed by atoms with Crippen LogP contribution in [-0.4, -0.2) is 42.0 Å². The van der Waals surface area contributed by atoms with E-state index in [0.717, 1.165) is 80.4 Å². The summed E-state index contributed by atoms with van der Waals surface area (Å²) in [5.41, 5.74) is 9.34. The Hall–Kier alpha value is -6.71. The smallest absolute Gasteiger partial charge is 0.262 e.